The lowest BCUT2D eigenvalue weighted by molar-refractivity contribution is 0.987. The first-order valence-electron chi connectivity index (χ1n) is 4.46. The Bertz CT molecular complexity index is 610. The summed E-state index contributed by atoms with van der Waals surface area (Å²) in [5.74, 6) is 0. The van der Waals surface area contributed by atoms with Gasteiger partial charge < -0.3 is 0 Å². The summed E-state index contributed by atoms with van der Waals surface area (Å²) in [4.78, 5) is 11.1. The van der Waals surface area contributed by atoms with Crippen LogP contribution in [0.5, 0.6) is 0 Å². The van der Waals surface area contributed by atoms with Crippen LogP contribution in [-0.4, -0.2) is 10.2 Å². The number of benzene rings is 1. The van der Waals surface area contributed by atoms with E-state index in [9.17, 15) is 4.79 Å². The van der Waals surface area contributed by atoms with E-state index in [1.165, 1.54) is 6.07 Å². The summed E-state index contributed by atoms with van der Waals surface area (Å²) in [5.41, 5.74) is 1.01. The monoisotopic (exact) mass is 275 g/mol. The number of aromatic nitrogens is 2. The molecule has 1 N–H and O–H groups in total. The number of nitrogens with zero attached hydrogens (tertiary/aromatic N) is 2. The van der Waals surface area contributed by atoms with Crippen LogP contribution in [0.2, 0.25) is 0 Å². The Kier molecular flexibility index (Phi) is 2.84. The number of H-pyrrole nitrogens is 1. The van der Waals surface area contributed by atoms with E-state index in [2.05, 4.69) is 26.1 Å². The van der Waals surface area contributed by atoms with Gasteiger partial charge in [0.1, 0.15) is 11.6 Å². The second kappa shape index (κ2) is 4.29. The third-order valence-corrected chi connectivity index (χ3v) is 2.59. The number of nitrogens with one attached hydrogen (secondary N) is 1. The summed E-state index contributed by atoms with van der Waals surface area (Å²) in [7, 11) is 0. The molecule has 1 aromatic carbocycles. The summed E-state index contributed by atoms with van der Waals surface area (Å²) < 4.78 is 0.959. The van der Waals surface area contributed by atoms with Crippen molar-refractivity contribution in [2.75, 3.05) is 0 Å². The number of halogens is 1. The molecule has 0 spiro atoms. The van der Waals surface area contributed by atoms with Crippen molar-refractivity contribution in [3.8, 4) is 17.3 Å². The van der Waals surface area contributed by atoms with Gasteiger partial charge in [-0.25, -0.2) is 5.10 Å². The topological polar surface area (TPSA) is 69.5 Å². The van der Waals surface area contributed by atoms with E-state index in [1.807, 2.05) is 30.3 Å². The first-order chi connectivity index (χ1) is 7.70. The maximum atomic E-state index is 11.1. The van der Waals surface area contributed by atoms with E-state index in [1.54, 1.807) is 0 Å². The highest BCUT2D eigenvalue weighted by Crippen LogP contribution is 2.19. The highest BCUT2D eigenvalue weighted by Gasteiger charge is 2.04. The van der Waals surface area contributed by atoms with E-state index in [4.69, 9.17) is 5.26 Å². The first-order valence-corrected chi connectivity index (χ1v) is 5.26. The van der Waals surface area contributed by atoms with Crippen molar-refractivity contribution in [2.24, 2.45) is 0 Å². The summed E-state index contributed by atoms with van der Waals surface area (Å²) in [5, 5.41) is 14.9. The van der Waals surface area contributed by atoms with Gasteiger partial charge in [0.25, 0.3) is 5.56 Å². The van der Waals surface area contributed by atoms with Crippen LogP contribution >= 0.6 is 15.9 Å². The van der Waals surface area contributed by atoms with E-state index < -0.39 is 5.56 Å². The molecule has 2 rings (SSSR count). The molecular formula is C11H6BrN3O. The Hall–Kier alpha value is -1.93. The second-order valence-electron chi connectivity index (χ2n) is 3.11. The van der Waals surface area contributed by atoms with Crippen molar-refractivity contribution in [2.45, 2.75) is 0 Å². The maximum Gasteiger partial charge on any atom is 0.282 e. The van der Waals surface area contributed by atoms with Gasteiger partial charge in [0.2, 0.25) is 0 Å². The van der Waals surface area contributed by atoms with Crippen molar-refractivity contribution in [1.82, 2.24) is 10.2 Å². The molecule has 0 fully saturated rings. The van der Waals surface area contributed by atoms with Gasteiger partial charge in [0.05, 0.1) is 5.69 Å². The minimum Gasteiger partial charge on any atom is -0.267 e. The molecule has 0 saturated carbocycles. The summed E-state index contributed by atoms with van der Waals surface area (Å²) in [6, 6.07) is 10.7. The average molecular weight is 276 g/mol. The Morgan fingerprint density at radius 3 is 2.62 bits per heavy atom. The van der Waals surface area contributed by atoms with Gasteiger partial charge in [-0.1, -0.05) is 28.1 Å². The number of aromatic amines is 1. The van der Waals surface area contributed by atoms with E-state index >= 15 is 0 Å². The van der Waals surface area contributed by atoms with E-state index in [0.29, 0.717) is 5.69 Å². The van der Waals surface area contributed by atoms with Gasteiger partial charge in [0.15, 0.2) is 0 Å². The molecule has 0 radical (unpaired) electrons. The van der Waals surface area contributed by atoms with Crippen LogP contribution < -0.4 is 5.56 Å². The fourth-order valence-corrected chi connectivity index (χ4v) is 1.52. The van der Waals surface area contributed by atoms with Gasteiger partial charge in [-0.3, -0.25) is 4.79 Å². The minimum absolute atomic E-state index is 0.0629. The maximum absolute atomic E-state index is 11.1. The molecule has 1 aromatic heterocycles. The molecule has 16 heavy (non-hydrogen) atoms. The zero-order valence-corrected chi connectivity index (χ0v) is 9.65. The number of hydrogen-bond acceptors (Lipinski definition) is 3. The van der Waals surface area contributed by atoms with Crippen molar-refractivity contribution in [1.29, 1.82) is 5.26 Å². The summed E-state index contributed by atoms with van der Waals surface area (Å²) >= 11 is 3.33. The molecular weight excluding hydrogens is 270 g/mol. The molecule has 0 unspecified atom stereocenters. The minimum atomic E-state index is -0.469. The summed E-state index contributed by atoms with van der Waals surface area (Å²) in [6.45, 7) is 0. The van der Waals surface area contributed by atoms with Crippen LogP contribution in [0.3, 0.4) is 0 Å². The SMILES string of the molecule is N#Cc1cc(-c2ccc(Br)cc2)n[nH]c1=O. The number of hydrogen-bond donors (Lipinski definition) is 1. The van der Waals surface area contributed by atoms with Crippen LogP contribution in [0.4, 0.5) is 0 Å². The lowest BCUT2D eigenvalue weighted by atomic mass is 10.1. The lowest BCUT2D eigenvalue weighted by Crippen LogP contribution is -2.11. The molecule has 78 valence electrons. The zero-order valence-electron chi connectivity index (χ0n) is 8.07. The molecule has 0 atom stereocenters. The van der Waals surface area contributed by atoms with Crippen LogP contribution in [0.1, 0.15) is 5.56 Å². The van der Waals surface area contributed by atoms with Gasteiger partial charge in [0, 0.05) is 10.0 Å². The normalized spacial score (nSPS) is 9.75. The molecule has 2 aromatic rings. The number of nitriles is 1. The smallest absolute Gasteiger partial charge is 0.267 e. The lowest BCUT2D eigenvalue weighted by Gasteiger charge is -2.00. The largest absolute Gasteiger partial charge is 0.282 e. The molecule has 0 saturated heterocycles. The van der Waals surface area contributed by atoms with Crippen molar-refractivity contribution in [3.63, 3.8) is 0 Å². The van der Waals surface area contributed by atoms with Crippen molar-refractivity contribution < 1.29 is 0 Å². The predicted molar refractivity (Wildman–Crippen MR) is 62.7 cm³/mol. The van der Waals surface area contributed by atoms with Crippen LogP contribution in [-0.2, 0) is 0 Å². The predicted octanol–water partition coefficient (Wildman–Crippen LogP) is 2.07. The fraction of sp³-hybridized carbons (Fsp3) is 0. The molecule has 0 aliphatic rings. The Balaban J connectivity index is 2.53. The Morgan fingerprint density at radius 2 is 2.00 bits per heavy atom. The standard InChI is InChI=1S/C11H6BrN3O/c12-9-3-1-7(2-4-9)10-5-8(6-13)11(16)15-14-10/h1-5H,(H,15,16). The average Bonchev–Trinajstić information content (AvgIpc) is 2.31. The highest BCUT2D eigenvalue weighted by molar-refractivity contribution is 9.10. The van der Waals surface area contributed by atoms with Crippen molar-refractivity contribution >= 4 is 15.9 Å². The highest BCUT2D eigenvalue weighted by atomic mass is 79.9. The Morgan fingerprint density at radius 1 is 1.31 bits per heavy atom. The van der Waals surface area contributed by atoms with Crippen LogP contribution in [0.25, 0.3) is 11.3 Å². The van der Waals surface area contributed by atoms with Gasteiger partial charge in [-0.2, -0.15) is 10.4 Å². The zero-order chi connectivity index (χ0) is 11.5. The molecule has 0 bridgehead atoms. The van der Waals surface area contributed by atoms with Gasteiger partial charge in [-0.05, 0) is 18.2 Å². The molecule has 4 nitrogen and oxygen atoms in total. The third-order valence-electron chi connectivity index (χ3n) is 2.06. The van der Waals surface area contributed by atoms with E-state index in [0.717, 1.165) is 10.0 Å². The third kappa shape index (κ3) is 2.02. The van der Waals surface area contributed by atoms with E-state index in [-0.39, 0.29) is 5.56 Å². The fourth-order valence-electron chi connectivity index (χ4n) is 1.26. The Labute approximate surface area is 99.7 Å². The van der Waals surface area contributed by atoms with Crippen molar-refractivity contribution in [3.05, 3.63) is 50.7 Å². The number of rotatable bonds is 1. The molecule has 0 aliphatic carbocycles. The molecule has 1 heterocycles. The second-order valence-corrected chi connectivity index (χ2v) is 4.03. The molecule has 0 aliphatic heterocycles. The summed E-state index contributed by atoms with van der Waals surface area (Å²) in [6.07, 6.45) is 0. The van der Waals surface area contributed by atoms with Gasteiger partial charge in [-0.15, -0.1) is 0 Å². The quantitative estimate of drug-likeness (QED) is 0.866. The van der Waals surface area contributed by atoms with Crippen LogP contribution in [0.15, 0.2) is 39.6 Å². The van der Waals surface area contributed by atoms with Gasteiger partial charge >= 0.3 is 0 Å². The first kappa shape index (κ1) is 10.6. The van der Waals surface area contributed by atoms with Crippen LogP contribution in [0, 0.1) is 11.3 Å². The molecule has 0 amide bonds. The molecule has 5 heteroatoms.